The number of fused-ring (bicyclic) bond motifs is 1. The molecule has 2 saturated heterocycles. The summed E-state index contributed by atoms with van der Waals surface area (Å²) in [6.45, 7) is 7.51. The van der Waals surface area contributed by atoms with E-state index < -0.39 is 0 Å². The molecule has 0 unspecified atom stereocenters. The van der Waals surface area contributed by atoms with Crippen molar-refractivity contribution in [3.05, 3.63) is 36.8 Å². The fourth-order valence-corrected chi connectivity index (χ4v) is 5.79. The number of aliphatic hydroxyl groups is 1. The number of β-amino-alcohol motifs (C(OH)–C–C–N with tert-alkyl or cyclic N) is 1. The molecule has 2 aliphatic heterocycles. The maximum absolute atomic E-state index is 9.17. The van der Waals surface area contributed by atoms with Crippen molar-refractivity contribution in [2.75, 3.05) is 81.2 Å². The predicted molar refractivity (Wildman–Crippen MR) is 145 cm³/mol. The van der Waals surface area contributed by atoms with E-state index >= 15 is 0 Å². The quantitative estimate of drug-likeness (QED) is 0.386. The third-order valence-electron chi connectivity index (χ3n) is 6.74. The zero-order valence-corrected chi connectivity index (χ0v) is 21.3. The lowest BCUT2D eigenvalue weighted by Gasteiger charge is -2.35. The molecule has 37 heavy (non-hydrogen) atoms. The van der Waals surface area contributed by atoms with Crippen molar-refractivity contribution in [1.29, 1.82) is 0 Å². The molecular formula is C25H29N9O2S. The average Bonchev–Trinajstić information content (AvgIpc) is 3.39. The van der Waals surface area contributed by atoms with E-state index in [2.05, 4.69) is 42.9 Å². The van der Waals surface area contributed by atoms with Crippen molar-refractivity contribution in [3.63, 3.8) is 0 Å². The van der Waals surface area contributed by atoms with Crippen LogP contribution < -0.4 is 15.5 Å². The number of thiophene rings is 1. The first-order chi connectivity index (χ1) is 18.2. The monoisotopic (exact) mass is 519 g/mol. The molecule has 0 atom stereocenters. The molecule has 192 valence electrons. The minimum Gasteiger partial charge on any atom is -0.395 e. The average molecular weight is 520 g/mol. The van der Waals surface area contributed by atoms with Gasteiger partial charge in [0.25, 0.3) is 0 Å². The second-order valence-corrected chi connectivity index (χ2v) is 10.1. The molecule has 0 bridgehead atoms. The van der Waals surface area contributed by atoms with Crippen LogP contribution in [0.1, 0.15) is 0 Å². The molecule has 0 aromatic carbocycles. The third-order valence-corrected chi connectivity index (χ3v) is 7.91. The first-order valence-corrected chi connectivity index (χ1v) is 13.3. The van der Waals surface area contributed by atoms with E-state index in [1.165, 1.54) is 0 Å². The van der Waals surface area contributed by atoms with Gasteiger partial charge in [-0.25, -0.2) is 24.9 Å². The summed E-state index contributed by atoms with van der Waals surface area (Å²) in [6, 6.07) is 6.33. The Balaban J connectivity index is 1.31. The molecule has 0 saturated carbocycles. The van der Waals surface area contributed by atoms with Gasteiger partial charge in [-0.2, -0.15) is 0 Å². The lowest BCUT2D eigenvalue weighted by Crippen LogP contribution is -2.47. The Bertz CT molecular complexity index is 1350. The Hall–Kier alpha value is -3.45. The van der Waals surface area contributed by atoms with Gasteiger partial charge in [-0.1, -0.05) is 0 Å². The van der Waals surface area contributed by atoms with Gasteiger partial charge in [0.1, 0.15) is 5.82 Å². The molecule has 6 rings (SSSR count). The van der Waals surface area contributed by atoms with Gasteiger partial charge in [0, 0.05) is 74.8 Å². The Kier molecular flexibility index (Phi) is 6.79. The van der Waals surface area contributed by atoms with Gasteiger partial charge < -0.3 is 25.4 Å². The van der Waals surface area contributed by atoms with Gasteiger partial charge in [0.05, 0.1) is 35.6 Å². The van der Waals surface area contributed by atoms with Crippen molar-refractivity contribution in [2.45, 2.75) is 0 Å². The Morgan fingerprint density at radius 2 is 1.65 bits per heavy atom. The highest BCUT2D eigenvalue weighted by Gasteiger charge is 2.22. The smallest absolute Gasteiger partial charge is 0.219 e. The van der Waals surface area contributed by atoms with E-state index in [1.807, 2.05) is 6.20 Å². The molecule has 0 aliphatic carbocycles. The van der Waals surface area contributed by atoms with Crippen molar-refractivity contribution in [3.8, 4) is 21.8 Å². The van der Waals surface area contributed by atoms with Crippen molar-refractivity contribution < 1.29 is 9.84 Å². The molecule has 3 N–H and O–H groups in total. The number of aliphatic hydroxyl groups excluding tert-OH is 1. The zero-order chi connectivity index (χ0) is 25.2. The number of rotatable bonds is 6. The molecule has 2 aliphatic rings. The molecule has 12 heteroatoms. The maximum Gasteiger partial charge on any atom is 0.219 e. The molecule has 6 heterocycles. The summed E-state index contributed by atoms with van der Waals surface area (Å²) in [5.74, 6) is 2.68. The molecule has 0 amide bonds. The maximum atomic E-state index is 9.17. The Labute approximate surface area is 218 Å². The summed E-state index contributed by atoms with van der Waals surface area (Å²) in [5, 5.41) is 9.17. The molecule has 4 aromatic rings. The van der Waals surface area contributed by atoms with E-state index in [-0.39, 0.29) is 12.6 Å². The van der Waals surface area contributed by atoms with Crippen LogP contribution in [0.2, 0.25) is 0 Å². The standard InChI is InChI=1S/C25H29N9O2S/c26-25-28-15-18(16-29-25)23-30-19-13-20(37-22(19)24(31-23)34-8-11-36-12-9-34)17-1-2-21(27-14-17)33-5-3-32(4-6-33)7-10-35/h1-2,13-16,35H,3-12H2,(H2,26,28,29). The van der Waals surface area contributed by atoms with E-state index in [1.54, 1.807) is 23.7 Å². The summed E-state index contributed by atoms with van der Waals surface area (Å²) in [7, 11) is 0. The third kappa shape index (κ3) is 5.05. The minimum absolute atomic E-state index is 0.203. The number of hydrogen-bond donors (Lipinski definition) is 2. The molecular weight excluding hydrogens is 490 g/mol. The van der Waals surface area contributed by atoms with Gasteiger partial charge in [-0.05, 0) is 18.2 Å². The van der Waals surface area contributed by atoms with E-state index in [9.17, 15) is 5.11 Å². The Morgan fingerprint density at radius 1 is 0.892 bits per heavy atom. The molecule has 11 nitrogen and oxygen atoms in total. The van der Waals surface area contributed by atoms with Crippen LogP contribution in [-0.2, 0) is 4.74 Å². The summed E-state index contributed by atoms with van der Waals surface area (Å²) in [5.41, 5.74) is 8.34. The summed E-state index contributed by atoms with van der Waals surface area (Å²) < 4.78 is 6.62. The summed E-state index contributed by atoms with van der Waals surface area (Å²) in [6.07, 6.45) is 5.26. The lowest BCUT2D eigenvalue weighted by atomic mass is 10.2. The summed E-state index contributed by atoms with van der Waals surface area (Å²) in [4.78, 5) is 30.7. The van der Waals surface area contributed by atoms with Crippen LogP contribution in [0.5, 0.6) is 0 Å². The number of morpholine rings is 1. The van der Waals surface area contributed by atoms with Crippen molar-refractivity contribution in [1.82, 2.24) is 29.8 Å². The van der Waals surface area contributed by atoms with E-state index in [0.717, 1.165) is 83.7 Å². The van der Waals surface area contributed by atoms with Crippen LogP contribution in [0.3, 0.4) is 0 Å². The molecule has 4 aromatic heterocycles. The normalized spacial score (nSPS) is 17.0. The number of ether oxygens (including phenoxy) is 1. The van der Waals surface area contributed by atoms with E-state index in [0.29, 0.717) is 19.0 Å². The number of nitrogens with two attached hydrogens (primary N) is 1. The SMILES string of the molecule is Nc1ncc(-c2nc(N3CCOCC3)c3sc(-c4ccc(N5CCN(CCO)CC5)nc4)cc3n2)cn1. The first-order valence-electron chi connectivity index (χ1n) is 12.4. The predicted octanol–water partition coefficient (Wildman–Crippen LogP) is 1.74. The zero-order valence-electron chi connectivity index (χ0n) is 20.5. The van der Waals surface area contributed by atoms with Gasteiger partial charge in [0.15, 0.2) is 11.6 Å². The van der Waals surface area contributed by atoms with Gasteiger partial charge in [0.2, 0.25) is 5.95 Å². The highest BCUT2D eigenvalue weighted by molar-refractivity contribution is 7.22. The number of anilines is 3. The van der Waals surface area contributed by atoms with Crippen molar-refractivity contribution in [2.24, 2.45) is 0 Å². The van der Waals surface area contributed by atoms with Crippen LogP contribution >= 0.6 is 11.3 Å². The van der Waals surface area contributed by atoms with Crippen LogP contribution in [0.25, 0.3) is 32.0 Å². The molecule has 2 fully saturated rings. The van der Waals surface area contributed by atoms with Crippen LogP contribution in [0.15, 0.2) is 36.8 Å². The number of nitrogens with zero attached hydrogens (tertiary/aromatic N) is 8. The number of hydrogen-bond acceptors (Lipinski definition) is 12. The van der Waals surface area contributed by atoms with Gasteiger partial charge >= 0.3 is 0 Å². The van der Waals surface area contributed by atoms with E-state index in [4.69, 9.17) is 25.4 Å². The topological polar surface area (TPSA) is 130 Å². The highest BCUT2D eigenvalue weighted by atomic mass is 32.1. The number of pyridine rings is 1. The van der Waals surface area contributed by atoms with Crippen LogP contribution in [-0.4, -0.2) is 101 Å². The second kappa shape index (κ2) is 10.5. The van der Waals surface area contributed by atoms with Gasteiger partial charge in [-0.15, -0.1) is 11.3 Å². The van der Waals surface area contributed by atoms with Crippen LogP contribution in [0, 0.1) is 0 Å². The first kappa shape index (κ1) is 23.9. The fraction of sp³-hybridized carbons (Fsp3) is 0.400. The second-order valence-electron chi connectivity index (χ2n) is 9.08. The largest absolute Gasteiger partial charge is 0.395 e. The number of nitrogen functional groups attached to an aromatic ring is 1. The number of aromatic nitrogens is 5. The van der Waals surface area contributed by atoms with Gasteiger partial charge in [-0.3, -0.25) is 4.90 Å². The van der Waals surface area contributed by atoms with Crippen LogP contribution in [0.4, 0.5) is 17.6 Å². The number of piperazine rings is 1. The van der Waals surface area contributed by atoms with Crippen molar-refractivity contribution >= 4 is 39.1 Å². The lowest BCUT2D eigenvalue weighted by molar-refractivity contribution is 0.122. The fourth-order valence-electron chi connectivity index (χ4n) is 4.69. The molecule has 0 spiro atoms. The highest BCUT2D eigenvalue weighted by Crippen LogP contribution is 2.38. The summed E-state index contributed by atoms with van der Waals surface area (Å²) >= 11 is 1.68. The minimum atomic E-state index is 0.203. The molecule has 0 radical (unpaired) electrons. The Morgan fingerprint density at radius 3 is 2.35 bits per heavy atom.